The summed E-state index contributed by atoms with van der Waals surface area (Å²) in [5.74, 6) is 0. The Morgan fingerprint density at radius 3 is 1.00 bits per heavy atom. The Bertz CT molecular complexity index is 3770. The molecule has 0 radical (unpaired) electrons. The van der Waals surface area contributed by atoms with Crippen molar-refractivity contribution >= 4 is 71.0 Å². The molecule has 0 bridgehead atoms. The smallest absolute Gasteiger partial charge is 0.000115 e. The maximum atomic E-state index is 2.51. The number of allylic oxidation sites excluding steroid dienone is 5. The van der Waals surface area contributed by atoms with Crippen LogP contribution in [0.4, 0.5) is 0 Å². The van der Waals surface area contributed by atoms with Crippen molar-refractivity contribution in [2.24, 2.45) is 0 Å². The molecule has 0 fully saturated rings. The van der Waals surface area contributed by atoms with Gasteiger partial charge in [0.2, 0.25) is 0 Å². The first kappa shape index (κ1) is 36.3. The summed E-state index contributed by atoms with van der Waals surface area (Å²) >= 11 is 0. The predicted molar refractivity (Wildman–Crippen MR) is 273 cm³/mol. The third-order valence-corrected chi connectivity index (χ3v) is 13.6. The molecular formula is C64H40. The number of hydrogen-bond donors (Lipinski definition) is 0. The monoisotopic (exact) mass is 808 g/mol. The van der Waals surface area contributed by atoms with Gasteiger partial charge in [-0.25, -0.2) is 0 Å². The van der Waals surface area contributed by atoms with Crippen molar-refractivity contribution in [3.63, 3.8) is 0 Å². The van der Waals surface area contributed by atoms with E-state index in [1.807, 2.05) is 0 Å². The van der Waals surface area contributed by atoms with Gasteiger partial charge in [-0.05, 0) is 144 Å². The first-order valence-corrected chi connectivity index (χ1v) is 22.3. The van der Waals surface area contributed by atoms with Crippen LogP contribution in [0.2, 0.25) is 0 Å². The fourth-order valence-electron chi connectivity index (χ4n) is 10.9. The molecule has 0 spiro atoms. The van der Waals surface area contributed by atoms with E-state index in [0.29, 0.717) is 0 Å². The first-order valence-electron chi connectivity index (χ1n) is 22.3. The lowest BCUT2D eigenvalue weighted by Crippen LogP contribution is -1.98. The van der Waals surface area contributed by atoms with E-state index in [-0.39, 0.29) is 0 Å². The summed E-state index contributed by atoms with van der Waals surface area (Å²) in [5, 5.41) is 10.0. The zero-order valence-corrected chi connectivity index (χ0v) is 35.1. The summed E-state index contributed by atoms with van der Waals surface area (Å²) in [6.07, 6.45) is 0. The second kappa shape index (κ2) is 14.7. The van der Waals surface area contributed by atoms with E-state index >= 15 is 0 Å². The minimum absolute atomic E-state index is 1.20. The summed E-state index contributed by atoms with van der Waals surface area (Å²) < 4.78 is 0. The number of fused-ring (bicyclic) bond motifs is 9. The number of hydrogen-bond acceptors (Lipinski definition) is 0. The molecule has 0 heterocycles. The van der Waals surface area contributed by atoms with E-state index in [9.17, 15) is 0 Å². The SMILES string of the molecule is c1ccc(C2=C3C(=C(c4ccccc4)c4cc(-c5ccccc5)c(-c5ccccc5)cc43)C(c3cccc4c3ccc3ccccc34)=C2c2cccc3c2ccc2ccccc23)cc1. The summed E-state index contributed by atoms with van der Waals surface area (Å²) in [5.41, 5.74) is 19.9. The molecule has 0 saturated carbocycles. The topological polar surface area (TPSA) is 0 Å². The molecule has 13 rings (SSSR count). The standard InChI is InChI=1S/C64H40/c1-5-19-41(20-6-1)55-39-57-58(40-56(55)42-21-7-2-8-22-42)63-60(46-27-11-4-12-28-46)61(53-33-17-31-49-47-29-15-13-23-43(47)35-37-51(49)53)62(64(63)59(57)45-25-9-3-10-26-45)54-34-18-32-50-48-30-16-14-24-44(48)36-38-52(50)54/h1-40H. The second-order valence-corrected chi connectivity index (χ2v) is 17.0. The molecule has 2 aliphatic rings. The molecule has 0 saturated heterocycles. The van der Waals surface area contributed by atoms with E-state index < -0.39 is 0 Å². The van der Waals surface area contributed by atoms with Gasteiger partial charge in [0.1, 0.15) is 0 Å². The summed E-state index contributed by atoms with van der Waals surface area (Å²) in [6.45, 7) is 0. The van der Waals surface area contributed by atoms with Crippen molar-refractivity contribution in [2.75, 3.05) is 0 Å². The van der Waals surface area contributed by atoms with Crippen LogP contribution in [-0.4, -0.2) is 0 Å². The minimum atomic E-state index is 1.20. The third-order valence-electron chi connectivity index (χ3n) is 13.6. The maximum absolute atomic E-state index is 2.51. The number of benzene rings is 11. The Morgan fingerprint density at radius 2 is 0.516 bits per heavy atom. The minimum Gasteiger partial charge on any atom is -0.0622 e. The van der Waals surface area contributed by atoms with Crippen LogP contribution in [0, 0.1) is 0 Å². The molecule has 0 heteroatoms. The van der Waals surface area contributed by atoms with Crippen LogP contribution in [-0.2, 0) is 0 Å². The molecule has 0 unspecified atom stereocenters. The van der Waals surface area contributed by atoms with E-state index in [1.54, 1.807) is 0 Å². The highest BCUT2D eigenvalue weighted by atomic mass is 14.4. The Labute approximate surface area is 373 Å². The molecule has 2 aliphatic carbocycles. The van der Waals surface area contributed by atoms with E-state index in [1.165, 1.54) is 132 Å². The molecule has 11 aromatic rings. The van der Waals surface area contributed by atoms with Gasteiger partial charge in [0.25, 0.3) is 0 Å². The zero-order chi connectivity index (χ0) is 42.1. The molecule has 11 aromatic carbocycles. The molecule has 0 atom stereocenters. The van der Waals surface area contributed by atoms with Crippen LogP contribution in [0.5, 0.6) is 0 Å². The molecule has 0 aromatic heterocycles. The summed E-state index contributed by atoms with van der Waals surface area (Å²) in [4.78, 5) is 0. The van der Waals surface area contributed by atoms with Gasteiger partial charge in [-0.15, -0.1) is 0 Å². The Kier molecular flexibility index (Phi) is 8.32. The van der Waals surface area contributed by atoms with E-state index in [4.69, 9.17) is 0 Å². The van der Waals surface area contributed by atoms with E-state index in [2.05, 4.69) is 243 Å². The third kappa shape index (κ3) is 5.56. The van der Waals surface area contributed by atoms with Crippen LogP contribution in [0.15, 0.2) is 248 Å². The highest BCUT2D eigenvalue weighted by Gasteiger charge is 2.41. The van der Waals surface area contributed by atoms with Crippen molar-refractivity contribution < 1.29 is 0 Å². The maximum Gasteiger partial charge on any atom is -0.000115 e. The first-order chi connectivity index (χ1) is 31.8. The second-order valence-electron chi connectivity index (χ2n) is 17.0. The van der Waals surface area contributed by atoms with Gasteiger partial charge in [-0.2, -0.15) is 0 Å². The average Bonchev–Trinajstić information content (AvgIpc) is 3.88. The molecule has 296 valence electrons. The normalized spacial score (nSPS) is 13.4. The summed E-state index contributed by atoms with van der Waals surface area (Å²) in [7, 11) is 0. The van der Waals surface area contributed by atoms with Crippen molar-refractivity contribution in [1.82, 2.24) is 0 Å². The van der Waals surface area contributed by atoms with Gasteiger partial charge >= 0.3 is 0 Å². The van der Waals surface area contributed by atoms with Crippen molar-refractivity contribution in [2.45, 2.75) is 0 Å². The highest BCUT2D eigenvalue weighted by Crippen LogP contribution is 2.63. The van der Waals surface area contributed by atoms with Crippen LogP contribution >= 0.6 is 0 Å². The van der Waals surface area contributed by atoms with Gasteiger partial charge in [0.05, 0.1) is 0 Å². The number of rotatable bonds is 6. The lowest BCUT2D eigenvalue weighted by molar-refractivity contribution is 1.52. The van der Waals surface area contributed by atoms with Crippen LogP contribution < -0.4 is 0 Å². The van der Waals surface area contributed by atoms with E-state index in [0.717, 1.165) is 0 Å². The van der Waals surface area contributed by atoms with Gasteiger partial charge < -0.3 is 0 Å². The summed E-state index contributed by atoms with van der Waals surface area (Å²) in [6, 6.07) is 90.0. The van der Waals surface area contributed by atoms with Crippen LogP contribution in [0.25, 0.3) is 93.2 Å². The van der Waals surface area contributed by atoms with Gasteiger partial charge in [-0.1, -0.05) is 231 Å². The van der Waals surface area contributed by atoms with Gasteiger partial charge in [0, 0.05) is 0 Å². The van der Waals surface area contributed by atoms with Gasteiger partial charge in [0.15, 0.2) is 0 Å². The molecule has 64 heavy (non-hydrogen) atoms. The quantitative estimate of drug-likeness (QED) is 0.147. The van der Waals surface area contributed by atoms with Gasteiger partial charge in [-0.3, -0.25) is 0 Å². The largest absolute Gasteiger partial charge is 0.0622 e. The van der Waals surface area contributed by atoms with Crippen molar-refractivity contribution in [3.05, 3.63) is 282 Å². The lowest BCUT2D eigenvalue weighted by Gasteiger charge is -2.20. The average molecular weight is 809 g/mol. The lowest BCUT2D eigenvalue weighted by atomic mass is 9.82. The van der Waals surface area contributed by atoms with Crippen molar-refractivity contribution in [1.29, 1.82) is 0 Å². The molecule has 0 amide bonds. The fraction of sp³-hybridized carbons (Fsp3) is 0. The predicted octanol–water partition coefficient (Wildman–Crippen LogP) is 17.0. The Morgan fingerprint density at radius 1 is 0.156 bits per heavy atom. The van der Waals surface area contributed by atoms with Crippen LogP contribution in [0.3, 0.4) is 0 Å². The molecule has 0 nitrogen and oxygen atoms in total. The highest BCUT2D eigenvalue weighted by molar-refractivity contribution is 6.41. The van der Waals surface area contributed by atoms with Crippen molar-refractivity contribution in [3.8, 4) is 22.3 Å². The fourth-order valence-corrected chi connectivity index (χ4v) is 10.9. The Balaban J connectivity index is 1.25. The molecular weight excluding hydrogens is 769 g/mol. The molecule has 0 N–H and O–H groups in total. The zero-order valence-electron chi connectivity index (χ0n) is 35.1. The van der Waals surface area contributed by atoms with Crippen LogP contribution in [0.1, 0.15) is 33.4 Å². The Hall–Kier alpha value is -8.32. The molecule has 0 aliphatic heterocycles.